The lowest BCUT2D eigenvalue weighted by molar-refractivity contribution is -0.117. The van der Waals surface area contributed by atoms with Crippen LogP contribution in [0.1, 0.15) is 11.1 Å². The van der Waals surface area contributed by atoms with E-state index in [0.29, 0.717) is 16.4 Å². The third kappa shape index (κ3) is 5.69. The Hall–Kier alpha value is -3.82. The molecular weight excluding hydrogens is 586 g/mol. The molecule has 0 fully saturated rings. The van der Waals surface area contributed by atoms with Crippen molar-refractivity contribution in [3.8, 4) is 17.3 Å². The first kappa shape index (κ1) is 25.8. The molecule has 1 amide bonds. The van der Waals surface area contributed by atoms with Gasteiger partial charge in [-0.3, -0.25) is 4.79 Å². The van der Waals surface area contributed by atoms with Crippen molar-refractivity contribution >= 4 is 59.2 Å². The molecule has 0 saturated heterocycles. The van der Waals surface area contributed by atoms with Crippen LogP contribution < -0.4 is 10.0 Å². The van der Waals surface area contributed by atoms with Crippen LogP contribution >= 0.6 is 27.3 Å². The number of carbonyl (C=O) groups excluding carboxylic acids is 1. The fourth-order valence-corrected chi connectivity index (χ4v) is 6.13. The van der Waals surface area contributed by atoms with Crippen molar-refractivity contribution in [1.82, 2.24) is 14.7 Å². The molecular formula is C27H20BrN5O3S2. The molecule has 0 aliphatic rings. The van der Waals surface area contributed by atoms with Crippen LogP contribution in [0.25, 0.3) is 22.2 Å². The highest BCUT2D eigenvalue weighted by Gasteiger charge is 2.28. The fourth-order valence-electron chi connectivity index (χ4n) is 3.95. The molecule has 0 aliphatic carbocycles. The number of nitrogens with one attached hydrogen (secondary N) is 3. The lowest BCUT2D eigenvalue weighted by Gasteiger charge is -2.18. The second-order valence-electron chi connectivity index (χ2n) is 8.41. The highest BCUT2D eigenvalue weighted by atomic mass is 79.9. The van der Waals surface area contributed by atoms with Crippen LogP contribution in [-0.2, 0) is 21.2 Å². The van der Waals surface area contributed by atoms with Crippen molar-refractivity contribution in [2.24, 2.45) is 0 Å². The maximum atomic E-state index is 13.4. The average molecular weight is 607 g/mol. The zero-order valence-electron chi connectivity index (χ0n) is 19.7. The second-order valence-corrected chi connectivity index (χ2v) is 11.9. The summed E-state index contributed by atoms with van der Waals surface area (Å²) in [5.41, 5.74) is 3.67. The first-order chi connectivity index (χ1) is 18.3. The molecule has 5 aromatic rings. The number of sulfonamides is 1. The number of hydrogen-bond donors (Lipinski definition) is 3. The van der Waals surface area contributed by atoms with Crippen molar-refractivity contribution in [2.45, 2.75) is 17.4 Å². The lowest BCUT2D eigenvalue weighted by Crippen LogP contribution is -2.45. The molecule has 8 nitrogen and oxygen atoms in total. The molecule has 0 spiro atoms. The fraction of sp³-hybridized carbons (Fsp3) is 0.0741. The number of aromatic nitrogens is 2. The number of nitrogens with zero attached hydrogens (tertiary/aromatic N) is 2. The van der Waals surface area contributed by atoms with Gasteiger partial charge in [0.15, 0.2) is 5.13 Å². The van der Waals surface area contributed by atoms with Crippen molar-refractivity contribution in [1.29, 1.82) is 5.26 Å². The summed E-state index contributed by atoms with van der Waals surface area (Å²) in [5.74, 6) is -0.531. The van der Waals surface area contributed by atoms with E-state index in [9.17, 15) is 13.2 Å². The molecule has 2 heterocycles. The van der Waals surface area contributed by atoms with Crippen molar-refractivity contribution in [3.63, 3.8) is 0 Å². The quantitative estimate of drug-likeness (QED) is 0.216. The van der Waals surface area contributed by atoms with Gasteiger partial charge in [-0.25, -0.2) is 13.4 Å². The Kier molecular flexibility index (Phi) is 7.40. The average Bonchev–Trinajstić information content (AvgIpc) is 3.56. The number of carbonyl (C=O) groups is 1. The molecule has 0 bridgehead atoms. The Labute approximate surface area is 231 Å². The summed E-state index contributed by atoms with van der Waals surface area (Å²) in [6.07, 6.45) is 1.91. The van der Waals surface area contributed by atoms with Crippen LogP contribution in [0.2, 0.25) is 0 Å². The van der Waals surface area contributed by atoms with Gasteiger partial charge < -0.3 is 10.3 Å². The number of aromatic amines is 1. The van der Waals surface area contributed by atoms with Gasteiger partial charge in [0, 0.05) is 32.5 Å². The number of benzene rings is 3. The summed E-state index contributed by atoms with van der Waals surface area (Å²) in [5, 5.41) is 14.8. The maximum Gasteiger partial charge on any atom is 0.244 e. The molecule has 3 N–H and O–H groups in total. The first-order valence-electron chi connectivity index (χ1n) is 11.4. The van der Waals surface area contributed by atoms with E-state index in [1.807, 2.05) is 24.3 Å². The maximum absolute atomic E-state index is 13.4. The number of amides is 1. The van der Waals surface area contributed by atoms with E-state index in [4.69, 9.17) is 5.26 Å². The van der Waals surface area contributed by atoms with Crippen LogP contribution in [0, 0.1) is 11.3 Å². The molecule has 5 rings (SSSR count). The smallest absolute Gasteiger partial charge is 0.244 e. The van der Waals surface area contributed by atoms with E-state index < -0.39 is 22.0 Å². The van der Waals surface area contributed by atoms with Gasteiger partial charge in [0.25, 0.3) is 0 Å². The summed E-state index contributed by atoms with van der Waals surface area (Å²) < 4.78 is 29.7. The number of rotatable bonds is 8. The van der Waals surface area contributed by atoms with E-state index in [-0.39, 0.29) is 11.3 Å². The van der Waals surface area contributed by atoms with E-state index in [1.54, 1.807) is 48.0 Å². The molecule has 190 valence electrons. The standard InChI is InChI=1S/C27H20BrN5O3S2/c28-20-9-11-21(12-10-20)38(35,36)33-24(13-19-15-30-23-4-2-1-3-22(19)23)26(34)32-27-31-25(16-37-27)18-7-5-17(14-29)6-8-18/h1-12,15-16,24,30,33H,13H2,(H,31,32,34)/t24-/m0/s1. The van der Waals surface area contributed by atoms with Gasteiger partial charge in [0.1, 0.15) is 6.04 Å². The molecule has 0 aliphatic heterocycles. The van der Waals surface area contributed by atoms with E-state index in [0.717, 1.165) is 26.5 Å². The Bertz CT molecular complexity index is 1760. The van der Waals surface area contributed by atoms with Crippen molar-refractivity contribution < 1.29 is 13.2 Å². The summed E-state index contributed by atoms with van der Waals surface area (Å²) in [7, 11) is -4.00. The van der Waals surface area contributed by atoms with Gasteiger partial charge in [-0.1, -0.05) is 46.3 Å². The Balaban J connectivity index is 1.41. The summed E-state index contributed by atoms with van der Waals surface area (Å²) >= 11 is 4.54. The minimum Gasteiger partial charge on any atom is -0.361 e. The van der Waals surface area contributed by atoms with Crippen LogP contribution in [0.15, 0.2) is 93.7 Å². The van der Waals surface area contributed by atoms with Crippen molar-refractivity contribution in [2.75, 3.05) is 5.32 Å². The number of H-pyrrole nitrogens is 1. The number of anilines is 1. The van der Waals surface area contributed by atoms with E-state index >= 15 is 0 Å². The van der Waals surface area contributed by atoms with Crippen LogP contribution in [0.3, 0.4) is 0 Å². The number of nitriles is 1. The van der Waals surface area contributed by atoms with Crippen LogP contribution in [0.5, 0.6) is 0 Å². The minimum atomic E-state index is -4.00. The number of thiazole rings is 1. The molecule has 0 unspecified atom stereocenters. The van der Waals surface area contributed by atoms with Gasteiger partial charge in [-0.15, -0.1) is 11.3 Å². The molecule has 2 aromatic heterocycles. The third-order valence-electron chi connectivity index (χ3n) is 5.88. The highest BCUT2D eigenvalue weighted by molar-refractivity contribution is 9.10. The number of halogens is 1. The lowest BCUT2D eigenvalue weighted by atomic mass is 10.1. The molecule has 0 saturated carbocycles. The summed E-state index contributed by atoms with van der Waals surface area (Å²) in [4.78, 5) is 21.1. The van der Waals surface area contributed by atoms with Gasteiger partial charge in [0.05, 0.1) is 22.2 Å². The number of para-hydroxylation sites is 1. The monoisotopic (exact) mass is 605 g/mol. The molecule has 3 aromatic carbocycles. The van der Waals surface area contributed by atoms with E-state index in [2.05, 4.69) is 42.0 Å². The van der Waals surface area contributed by atoms with Gasteiger partial charge in [-0.2, -0.15) is 9.98 Å². The molecule has 11 heteroatoms. The predicted octanol–water partition coefficient (Wildman–Crippen LogP) is 5.45. The van der Waals surface area contributed by atoms with Gasteiger partial charge in [0.2, 0.25) is 15.9 Å². The normalized spacial score (nSPS) is 12.2. The molecule has 1 atom stereocenters. The van der Waals surface area contributed by atoms with Gasteiger partial charge in [-0.05, 0) is 54.4 Å². The Morgan fingerprint density at radius 2 is 1.82 bits per heavy atom. The zero-order valence-corrected chi connectivity index (χ0v) is 22.9. The van der Waals surface area contributed by atoms with Gasteiger partial charge >= 0.3 is 0 Å². The van der Waals surface area contributed by atoms with E-state index in [1.165, 1.54) is 23.5 Å². The predicted molar refractivity (Wildman–Crippen MR) is 151 cm³/mol. The highest BCUT2D eigenvalue weighted by Crippen LogP contribution is 2.26. The Morgan fingerprint density at radius 1 is 1.08 bits per heavy atom. The molecule has 0 radical (unpaired) electrons. The topological polar surface area (TPSA) is 128 Å². The van der Waals surface area contributed by atoms with Crippen molar-refractivity contribution in [3.05, 3.63) is 100.0 Å². The summed E-state index contributed by atoms with van der Waals surface area (Å²) in [6, 6.07) is 21.8. The minimum absolute atomic E-state index is 0.0507. The Morgan fingerprint density at radius 3 is 2.55 bits per heavy atom. The van der Waals surface area contributed by atoms with Crippen LogP contribution in [0.4, 0.5) is 5.13 Å². The third-order valence-corrected chi connectivity index (χ3v) is 8.65. The number of hydrogen-bond acceptors (Lipinski definition) is 6. The molecule has 38 heavy (non-hydrogen) atoms. The zero-order chi connectivity index (χ0) is 26.7. The summed E-state index contributed by atoms with van der Waals surface area (Å²) in [6.45, 7) is 0. The van der Waals surface area contributed by atoms with Crippen LogP contribution in [-0.4, -0.2) is 30.3 Å². The SMILES string of the molecule is N#Cc1ccc(-c2csc(NC(=O)[C@H](Cc3c[nH]c4ccccc34)NS(=O)(=O)c3ccc(Br)cc3)n2)cc1. The first-order valence-corrected chi connectivity index (χ1v) is 14.6. The number of fused-ring (bicyclic) bond motifs is 1. The second kappa shape index (κ2) is 10.9. The largest absolute Gasteiger partial charge is 0.361 e.